The highest BCUT2D eigenvalue weighted by molar-refractivity contribution is 8.00. The van der Waals surface area contributed by atoms with Gasteiger partial charge in [-0.3, -0.25) is 9.59 Å². The SMILES string of the molecule is COc1cccc(C(C)(C)CNC(=O)CSCC(=O)O)c1. The Morgan fingerprint density at radius 2 is 2.05 bits per heavy atom. The predicted octanol–water partition coefficient (Wildman–Crippen LogP) is 1.91. The van der Waals surface area contributed by atoms with Gasteiger partial charge in [0.1, 0.15) is 5.75 Å². The number of ether oxygens (including phenoxy) is 1. The van der Waals surface area contributed by atoms with E-state index in [0.717, 1.165) is 23.1 Å². The molecule has 0 aliphatic heterocycles. The monoisotopic (exact) mass is 311 g/mol. The van der Waals surface area contributed by atoms with E-state index >= 15 is 0 Å². The Balaban J connectivity index is 2.51. The highest BCUT2D eigenvalue weighted by Crippen LogP contribution is 2.25. The smallest absolute Gasteiger partial charge is 0.313 e. The van der Waals surface area contributed by atoms with Gasteiger partial charge in [0.05, 0.1) is 18.6 Å². The number of hydrogen-bond acceptors (Lipinski definition) is 4. The third-order valence-corrected chi connectivity index (χ3v) is 3.95. The quantitative estimate of drug-likeness (QED) is 0.767. The number of aliphatic carboxylic acids is 1. The normalized spacial score (nSPS) is 11.0. The van der Waals surface area contributed by atoms with Gasteiger partial charge in [-0.1, -0.05) is 26.0 Å². The molecule has 116 valence electrons. The molecule has 0 radical (unpaired) electrons. The molecule has 0 saturated carbocycles. The Hall–Kier alpha value is -1.69. The second-order valence-corrected chi connectivity index (χ2v) is 6.26. The number of benzene rings is 1. The third kappa shape index (κ3) is 6.08. The summed E-state index contributed by atoms with van der Waals surface area (Å²) in [5, 5.41) is 11.4. The van der Waals surface area contributed by atoms with E-state index in [1.165, 1.54) is 0 Å². The second-order valence-electron chi connectivity index (χ2n) is 5.28. The number of methoxy groups -OCH3 is 1. The molecule has 0 unspecified atom stereocenters. The van der Waals surface area contributed by atoms with E-state index in [4.69, 9.17) is 9.84 Å². The van der Waals surface area contributed by atoms with Crippen molar-refractivity contribution in [1.82, 2.24) is 5.32 Å². The van der Waals surface area contributed by atoms with Gasteiger partial charge in [-0.15, -0.1) is 11.8 Å². The first-order valence-electron chi connectivity index (χ1n) is 6.56. The van der Waals surface area contributed by atoms with Crippen molar-refractivity contribution in [1.29, 1.82) is 0 Å². The molecule has 0 saturated heterocycles. The molecule has 21 heavy (non-hydrogen) atoms. The zero-order valence-electron chi connectivity index (χ0n) is 12.5. The molecule has 1 rings (SSSR count). The zero-order valence-corrected chi connectivity index (χ0v) is 13.3. The lowest BCUT2D eigenvalue weighted by Crippen LogP contribution is -2.37. The first kappa shape index (κ1) is 17.4. The summed E-state index contributed by atoms with van der Waals surface area (Å²) in [4.78, 5) is 22.1. The van der Waals surface area contributed by atoms with Crippen LogP contribution in [0.5, 0.6) is 5.75 Å². The summed E-state index contributed by atoms with van der Waals surface area (Å²) in [6.45, 7) is 4.55. The van der Waals surface area contributed by atoms with Gasteiger partial charge in [0, 0.05) is 12.0 Å². The van der Waals surface area contributed by atoms with Crippen LogP contribution in [0.3, 0.4) is 0 Å². The Morgan fingerprint density at radius 3 is 2.67 bits per heavy atom. The molecular weight excluding hydrogens is 290 g/mol. The van der Waals surface area contributed by atoms with Crippen molar-refractivity contribution < 1.29 is 19.4 Å². The van der Waals surface area contributed by atoms with Crippen molar-refractivity contribution in [3.05, 3.63) is 29.8 Å². The van der Waals surface area contributed by atoms with Crippen LogP contribution in [0.15, 0.2) is 24.3 Å². The summed E-state index contributed by atoms with van der Waals surface area (Å²) in [6, 6.07) is 7.74. The van der Waals surface area contributed by atoms with Crippen LogP contribution in [0, 0.1) is 0 Å². The van der Waals surface area contributed by atoms with Gasteiger partial charge in [0.15, 0.2) is 0 Å². The first-order chi connectivity index (χ1) is 9.85. The number of rotatable bonds is 8. The zero-order chi connectivity index (χ0) is 15.9. The summed E-state index contributed by atoms with van der Waals surface area (Å²) >= 11 is 1.09. The number of nitrogens with one attached hydrogen (secondary N) is 1. The predicted molar refractivity (Wildman–Crippen MR) is 84.0 cm³/mol. The van der Waals surface area contributed by atoms with Crippen molar-refractivity contribution in [3.8, 4) is 5.75 Å². The number of carboxylic acid groups (broad SMARTS) is 1. The lowest BCUT2D eigenvalue weighted by Gasteiger charge is -2.26. The van der Waals surface area contributed by atoms with Crippen molar-refractivity contribution in [2.75, 3.05) is 25.2 Å². The Kier molecular flexibility index (Phi) is 6.55. The van der Waals surface area contributed by atoms with Crippen molar-refractivity contribution in [3.63, 3.8) is 0 Å². The number of hydrogen-bond donors (Lipinski definition) is 2. The van der Waals surface area contributed by atoms with Gasteiger partial charge >= 0.3 is 5.97 Å². The minimum absolute atomic E-state index is 0.0628. The van der Waals surface area contributed by atoms with Crippen LogP contribution >= 0.6 is 11.8 Å². The second kappa shape index (κ2) is 7.93. The summed E-state index contributed by atoms with van der Waals surface area (Å²) in [7, 11) is 1.62. The molecule has 6 heteroatoms. The summed E-state index contributed by atoms with van der Waals surface area (Å²) in [5.41, 5.74) is 0.835. The van der Waals surface area contributed by atoms with Crippen LogP contribution in [0.2, 0.25) is 0 Å². The molecule has 0 aliphatic rings. The van der Waals surface area contributed by atoms with Crippen LogP contribution in [0.25, 0.3) is 0 Å². The molecule has 0 fully saturated rings. The van der Waals surface area contributed by atoms with Crippen LogP contribution in [0.4, 0.5) is 0 Å². The number of amides is 1. The van der Waals surface area contributed by atoms with E-state index in [0.29, 0.717) is 6.54 Å². The van der Waals surface area contributed by atoms with Gasteiger partial charge in [0.2, 0.25) is 5.91 Å². The van der Waals surface area contributed by atoms with Gasteiger partial charge in [0.25, 0.3) is 0 Å². The maximum atomic E-state index is 11.7. The van der Waals surface area contributed by atoms with Gasteiger partial charge in [-0.25, -0.2) is 0 Å². The van der Waals surface area contributed by atoms with E-state index in [9.17, 15) is 9.59 Å². The highest BCUT2D eigenvalue weighted by atomic mass is 32.2. The standard InChI is InChI=1S/C15H21NO4S/c1-15(2,11-5-4-6-12(7-11)20-3)10-16-13(17)8-21-9-14(18)19/h4-7H,8-10H2,1-3H3,(H,16,17)(H,18,19). The molecule has 0 bridgehead atoms. The topological polar surface area (TPSA) is 75.6 Å². The van der Waals surface area contributed by atoms with Gasteiger partial charge < -0.3 is 15.2 Å². The molecule has 0 aromatic heterocycles. The molecule has 0 aliphatic carbocycles. The fraction of sp³-hybridized carbons (Fsp3) is 0.467. The maximum absolute atomic E-state index is 11.7. The third-order valence-electron chi connectivity index (χ3n) is 3.04. The van der Waals surface area contributed by atoms with Gasteiger partial charge in [-0.05, 0) is 17.7 Å². The average Bonchev–Trinajstić information content (AvgIpc) is 2.45. The van der Waals surface area contributed by atoms with Crippen molar-refractivity contribution >= 4 is 23.6 Å². The number of carbonyl (C=O) groups excluding carboxylic acids is 1. The van der Waals surface area contributed by atoms with E-state index in [2.05, 4.69) is 5.32 Å². The summed E-state index contributed by atoms with van der Waals surface area (Å²) < 4.78 is 5.20. The Morgan fingerprint density at radius 1 is 1.33 bits per heavy atom. The fourth-order valence-electron chi connectivity index (χ4n) is 1.75. The van der Waals surface area contributed by atoms with E-state index < -0.39 is 5.97 Å². The van der Waals surface area contributed by atoms with Crippen LogP contribution in [-0.4, -0.2) is 42.1 Å². The van der Waals surface area contributed by atoms with E-state index in [1.54, 1.807) is 7.11 Å². The summed E-state index contributed by atoms with van der Waals surface area (Å²) in [6.07, 6.45) is 0. The average molecular weight is 311 g/mol. The lowest BCUT2D eigenvalue weighted by molar-refractivity contribution is -0.133. The number of carbonyl (C=O) groups is 2. The van der Waals surface area contributed by atoms with Crippen LogP contribution in [-0.2, 0) is 15.0 Å². The summed E-state index contributed by atoms with van der Waals surface area (Å²) in [5.74, 6) is -0.196. The van der Waals surface area contributed by atoms with E-state index in [-0.39, 0.29) is 22.8 Å². The lowest BCUT2D eigenvalue weighted by atomic mass is 9.84. The molecule has 5 nitrogen and oxygen atoms in total. The molecule has 1 amide bonds. The molecule has 1 aromatic rings. The minimum Gasteiger partial charge on any atom is -0.497 e. The molecule has 0 heterocycles. The Labute approximate surface area is 129 Å². The molecular formula is C15H21NO4S. The minimum atomic E-state index is -0.912. The van der Waals surface area contributed by atoms with Crippen LogP contribution in [0.1, 0.15) is 19.4 Å². The molecule has 2 N–H and O–H groups in total. The first-order valence-corrected chi connectivity index (χ1v) is 7.71. The maximum Gasteiger partial charge on any atom is 0.313 e. The Bertz CT molecular complexity index is 502. The highest BCUT2D eigenvalue weighted by Gasteiger charge is 2.22. The fourth-order valence-corrected chi connectivity index (χ4v) is 2.31. The largest absolute Gasteiger partial charge is 0.497 e. The number of thioether (sulfide) groups is 1. The van der Waals surface area contributed by atoms with Crippen molar-refractivity contribution in [2.45, 2.75) is 19.3 Å². The number of carboxylic acids is 1. The molecule has 0 spiro atoms. The molecule has 1 aromatic carbocycles. The van der Waals surface area contributed by atoms with E-state index in [1.807, 2.05) is 38.1 Å². The molecule has 0 atom stereocenters. The van der Waals surface area contributed by atoms with Gasteiger partial charge in [-0.2, -0.15) is 0 Å². The van der Waals surface area contributed by atoms with Crippen LogP contribution < -0.4 is 10.1 Å². The van der Waals surface area contributed by atoms with Crippen molar-refractivity contribution in [2.24, 2.45) is 0 Å².